The van der Waals surface area contributed by atoms with Crippen molar-refractivity contribution in [1.29, 1.82) is 0 Å². The summed E-state index contributed by atoms with van der Waals surface area (Å²) in [5.41, 5.74) is 0. The lowest BCUT2D eigenvalue weighted by atomic mass is 10.5. The van der Waals surface area contributed by atoms with Gasteiger partial charge in [0.15, 0.2) is 17.9 Å². The van der Waals surface area contributed by atoms with E-state index in [0.717, 1.165) is 6.42 Å². The first-order chi connectivity index (χ1) is 7.33. The topological polar surface area (TPSA) is 73.8 Å². The average molecular weight is 206 g/mol. The molecule has 0 amide bonds. The molecule has 0 fully saturated rings. The molecule has 0 atom stereocenters. The van der Waals surface area contributed by atoms with E-state index in [0.29, 0.717) is 30.4 Å². The Bertz CT molecular complexity index is 460. The standard InChI is InChI=1S/C9H10N4O2/c1-2-7-11-9(15-12-7)5-13-4-3-10-8(13)6-14/h3-4,6H,2,5H2,1H3. The number of nitrogens with zero attached hydrogens (tertiary/aromatic N) is 4. The van der Waals surface area contributed by atoms with Crippen LogP contribution < -0.4 is 0 Å². The van der Waals surface area contributed by atoms with E-state index in [1.54, 1.807) is 17.0 Å². The third-order valence-electron chi connectivity index (χ3n) is 1.99. The van der Waals surface area contributed by atoms with Crippen molar-refractivity contribution in [2.24, 2.45) is 0 Å². The quantitative estimate of drug-likeness (QED) is 0.688. The van der Waals surface area contributed by atoms with Crippen LogP contribution >= 0.6 is 0 Å². The predicted octanol–water partition coefficient (Wildman–Crippen LogP) is 0.689. The fourth-order valence-electron chi connectivity index (χ4n) is 1.22. The van der Waals surface area contributed by atoms with Crippen LogP contribution in [0, 0.1) is 0 Å². The van der Waals surface area contributed by atoms with Gasteiger partial charge in [-0.3, -0.25) is 4.79 Å². The fourth-order valence-corrected chi connectivity index (χ4v) is 1.22. The highest BCUT2D eigenvalue weighted by Gasteiger charge is 2.07. The highest BCUT2D eigenvalue weighted by molar-refractivity contribution is 5.69. The summed E-state index contributed by atoms with van der Waals surface area (Å²) in [6, 6.07) is 0. The monoisotopic (exact) mass is 206 g/mol. The Morgan fingerprint density at radius 2 is 2.47 bits per heavy atom. The molecule has 2 rings (SSSR count). The number of rotatable bonds is 4. The molecular formula is C9H10N4O2. The summed E-state index contributed by atoms with van der Waals surface area (Å²) >= 11 is 0. The van der Waals surface area contributed by atoms with Crippen LogP contribution in [-0.2, 0) is 13.0 Å². The molecule has 2 aromatic rings. The van der Waals surface area contributed by atoms with Gasteiger partial charge in [-0.2, -0.15) is 4.98 Å². The molecule has 0 unspecified atom stereocenters. The van der Waals surface area contributed by atoms with Gasteiger partial charge >= 0.3 is 0 Å². The van der Waals surface area contributed by atoms with Crippen molar-refractivity contribution in [3.8, 4) is 0 Å². The summed E-state index contributed by atoms with van der Waals surface area (Å²) in [7, 11) is 0. The number of aldehydes is 1. The van der Waals surface area contributed by atoms with Gasteiger partial charge in [0.05, 0.1) is 0 Å². The van der Waals surface area contributed by atoms with E-state index in [2.05, 4.69) is 15.1 Å². The van der Waals surface area contributed by atoms with Gasteiger partial charge in [0.1, 0.15) is 6.54 Å². The maximum Gasteiger partial charge on any atom is 0.246 e. The molecule has 15 heavy (non-hydrogen) atoms. The Morgan fingerprint density at radius 1 is 1.60 bits per heavy atom. The van der Waals surface area contributed by atoms with Crippen LogP contribution in [0.15, 0.2) is 16.9 Å². The van der Waals surface area contributed by atoms with Gasteiger partial charge in [0, 0.05) is 18.8 Å². The first-order valence-electron chi connectivity index (χ1n) is 4.61. The van der Waals surface area contributed by atoms with Crippen LogP contribution in [0.3, 0.4) is 0 Å². The SMILES string of the molecule is CCc1noc(Cn2ccnc2C=O)n1. The molecule has 0 bridgehead atoms. The van der Waals surface area contributed by atoms with Crippen LogP contribution in [-0.4, -0.2) is 26.0 Å². The van der Waals surface area contributed by atoms with Crippen molar-refractivity contribution in [1.82, 2.24) is 19.7 Å². The highest BCUT2D eigenvalue weighted by atomic mass is 16.5. The van der Waals surface area contributed by atoms with E-state index in [4.69, 9.17) is 4.52 Å². The van der Waals surface area contributed by atoms with Crippen molar-refractivity contribution in [2.45, 2.75) is 19.9 Å². The number of carbonyl (C=O) groups is 1. The van der Waals surface area contributed by atoms with Crippen molar-refractivity contribution in [3.05, 3.63) is 29.9 Å². The minimum absolute atomic E-state index is 0.353. The molecule has 0 aromatic carbocycles. The molecule has 78 valence electrons. The third kappa shape index (κ3) is 1.93. The summed E-state index contributed by atoms with van der Waals surface area (Å²) in [4.78, 5) is 18.6. The van der Waals surface area contributed by atoms with Crippen LogP contribution in [0.5, 0.6) is 0 Å². The molecule has 0 radical (unpaired) electrons. The summed E-state index contributed by atoms with van der Waals surface area (Å²) in [6.07, 6.45) is 4.67. The summed E-state index contributed by atoms with van der Waals surface area (Å²) in [5, 5.41) is 3.76. The van der Waals surface area contributed by atoms with E-state index in [9.17, 15) is 4.79 Å². The maximum atomic E-state index is 10.6. The normalized spacial score (nSPS) is 10.5. The van der Waals surface area contributed by atoms with E-state index in [1.165, 1.54) is 0 Å². The Hall–Kier alpha value is -1.98. The summed E-state index contributed by atoms with van der Waals surface area (Å²) < 4.78 is 6.66. The Balaban J connectivity index is 2.17. The maximum absolute atomic E-state index is 10.6. The zero-order chi connectivity index (χ0) is 10.7. The van der Waals surface area contributed by atoms with Gasteiger partial charge in [-0.15, -0.1) is 0 Å². The van der Waals surface area contributed by atoms with E-state index >= 15 is 0 Å². The second-order valence-electron chi connectivity index (χ2n) is 2.99. The third-order valence-corrected chi connectivity index (χ3v) is 1.99. The Kier molecular flexibility index (Phi) is 2.57. The van der Waals surface area contributed by atoms with Gasteiger partial charge in [-0.1, -0.05) is 12.1 Å². The molecule has 0 saturated heterocycles. The number of aryl methyl sites for hydroxylation is 1. The number of hydrogen-bond donors (Lipinski definition) is 0. The van der Waals surface area contributed by atoms with Crippen molar-refractivity contribution in [3.63, 3.8) is 0 Å². The second-order valence-corrected chi connectivity index (χ2v) is 2.99. The molecule has 0 aliphatic rings. The number of aromatic nitrogens is 4. The smallest absolute Gasteiger partial charge is 0.246 e. The molecule has 6 heteroatoms. The molecule has 2 aromatic heterocycles. The highest BCUT2D eigenvalue weighted by Crippen LogP contribution is 2.03. The van der Waals surface area contributed by atoms with Crippen LogP contribution in [0.2, 0.25) is 0 Å². The molecule has 0 aliphatic heterocycles. The molecular weight excluding hydrogens is 196 g/mol. The Labute approximate surface area is 85.9 Å². The van der Waals surface area contributed by atoms with E-state index in [1.807, 2.05) is 6.92 Å². The van der Waals surface area contributed by atoms with Gasteiger partial charge in [0.2, 0.25) is 5.89 Å². The van der Waals surface area contributed by atoms with E-state index in [-0.39, 0.29) is 0 Å². The lowest BCUT2D eigenvalue weighted by Gasteiger charge is -1.97. The minimum atomic E-state index is 0.353. The van der Waals surface area contributed by atoms with Crippen molar-refractivity contribution in [2.75, 3.05) is 0 Å². The minimum Gasteiger partial charge on any atom is -0.337 e. The van der Waals surface area contributed by atoms with Crippen LogP contribution in [0.1, 0.15) is 29.3 Å². The number of hydrogen-bond acceptors (Lipinski definition) is 5. The van der Waals surface area contributed by atoms with Crippen LogP contribution in [0.25, 0.3) is 0 Å². The first kappa shape index (κ1) is 9.57. The lowest BCUT2D eigenvalue weighted by Crippen LogP contribution is -2.03. The summed E-state index contributed by atoms with van der Waals surface area (Å²) in [6.45, 7) is 2.32. The van der Waals surface area contributed by atoms with Gasteiger partial charge in [-0.25, -0.2) is 4.98 Å². The molecule has 2 heterocycles. The van der Waals surface area contributed by atoms with Gasteiger partial charge < -0.3 is 9.09 Å². The zero-order valence-electron chi connectivity index (χ0n) is 8.25. The molecule has 6 nitrogen and oxygen atoms in total. The molecule has 0 aliphatic carbocycles. The lowest BCUT2D eigenvalue weighted by molar-refractivity contribution is 0.111. The van der Waals surface area contributed by atoms with E-state index < -0.39 is 0 Å². The number of imidazole rings is 1. The first-order valence-corrected chi connectivity index (χ1v) is 4.61. The predicted molar refractivity (Wildman–Crippen MR) is 50.4 cm³/mol. The molecule has 0 N–H and O–H groups in total. The van der Waals surface area contributed by atoms with Gasteiger partial charge in [-0.05, 0) is 0 Å². The largest absolute Gasteiger partial charge is 0.337 e. The molecule has 0 saturated carbocycles. The molecule has 0 spiro atoms. The second kappa shape index (κ2) is 4.04. The number of carbonyl (C=O) groups excluding carboxylic acids is 1. The summed E-state index contributed by atoms with van der Waals surface area (Å²) in [5.74, 6) is 1.50. The fraction of sp³-hybridized carbons (Fsp3) is 0.333. The van der Waals surface area contributed by atoms with Gasteiger partial charge in [0.25, 0.3) is 0 Å². The average Bonchev–Trinajstić information content (AvgIpc) is 2.87. The Morgan fingerprint density at radius 3 is 3.13 bits per heavy atom. The zero-order valence-corrected chi connectivity index (χ0v) is 8.25. The van der Waals surface area contributed by atoms with Crippen LogP contribution in [0.4, 0.5) is 0 Å². The van der Waals surface area contributed by atoms with Crippen molar-refractivity contribution >= 4 is 6.29 Å². The van der Waals surface area contributed by atoms with Crippen molar-refractivity contribution < 1.29 is 9.32 Å².